The van der Waals surface area contributed by atoms with Crippen LogP contribution in [0.4, 0.5) is 4.39 Å². The van der Waals surface area contributed by atoms with Gasteiger partial charge in [-0.3, -0.25) is 9.59 Å². The van der Waals surface area contributed by atoms with E-state index in [-0.39, 0.29) is 41.9 Å². The van der Waals surface area contributed by atoms with E-state index in [0.717, 1.165) is 78.2 Å². The summed E-state index contributed by atoms with van der Waals surface area (Å²) in [5.41, 5.74) is 0.226. The van der Waals surface area contributed by atoms with Gasteiger partial charge in [-0.05, 0) is 83.6 Å². The zero-order valence-corrected chi connectivity index (χ0v) is 26.8. The summed E-state index contributed by atoms with van der Waals surface area (Å²) in [5.74, 6) is 0.305. The monoisotopic (exact) mass is 614 g/mol. The van der Waals surface area contributed by atoms with Crippen molar-refractivity contribution in [1.29, 1.82) is 0 Å². The number of likely N-dealkylation sites (tertiary alicyclic amines) is 1. The predicted molar refractivity (Wildman–Crippen MR) is 168 cm³/mol. The van der Waals surface area contributed by atoms with Crippen LogP contribution in [0.3, 0.4) is 0 Å². The number of Topliss-reactive ketones (excluding diaryl/α,β-unsaturated/α-hetero) is 1. The van der Waals surface area contributed by atoms with Gasteiger partial charge in [-0.1, -0.05) is 25.7 Å². The smallest absolute Gasteiger partial charge is 0.256 e. The lowest BCUT2D eigenvalue weighted by Gasteiger charge is -2.61. The number of amides is 1. The largest absolute Gasteiger partial charge is 0.369 e. The number of carbonyl (C=O) groups is 2. The maximum atomic E-state index is 16.1. The number of nitrogens with zero attached hydrogens (tertiary/aromatic N) is 4. The molecule has 44 heavy (non-hydrogen) atoms. The molecular weight excluding hydrogens is 559 g/mol. The number of hydrogen-bond donors (Lipinski definition) is 2. The Morgan fingerprint density at radius 3 is 2.43 bits per heavy atom. The zero-order chi connectivity index (χ0) is 30.2. The van der Waals surface area contributed by atoms with Gasteiger partial charge in [0.05, 0.1) is 35.9 Å². The van der Waals surface area contributed by atoms with Crippen LogP contribution in [0, 0.1) is 17.8 Å². The second-order valence-corrected chi connectivity index (χ2v) is 15.0. The molecule has 0 radical (unpaired) electrons. The number of nitrogens with one attached hydrogen (secondary N) is 2. The standard InChI is InChI=1S/C34H55FN6O3/c1-38-15-17-40(18-16-38)13-6-9-36-30-27(35)21-25-31-33(30)44-29-20-24-8-3-2-7-23(24)19-28(29)41(31)22-26(32(25)42)34(43)37-10-14-39-11-4-5-12-39/h22-25,27-31,33,36H,2-21H2,1H3,(H,37,43). The molecular formula is C34H55FN6O3. The highest BCUT2D eigenvalue weighted by Gasteiger charge is 2.59. The first kappa shape index (κ1) is 31.0. The average molecular weight is 615 g/mol. The van der Waals surface area contributed by atoms with Gasteiger partial charge < -0.3 is 35.0 Å². The van der Waals surface area contributed by atoms with Crippen molar-refractivity contribution in [3.05, 3.63) is 11.8 Å². The summed E-state index contributed by atoms with van der Waals surface area (Å²) in [5, 5.41) is 6.62. The van der Waals surface area contributed by atoms with Crippen LogP contribution in [0.15, 0.2) is 11.8 Å². The number of alkyl halides is 1. The van der Waals surface area contributed by atoms with Crippen molar-refractivity contribution in [1.82, 2.24) is 30.2 Å². The molecule has 3 saturated carbocycles. The second-order valence-electron chi connectivity index (χ2n) is 15.0. The molecule has 4 heterocycles. The Labute approximate surface area is 263 Å². The molecule has 246 valence electrons. The number of ketones is 1. The van der Waals surface area contributed by atoms with Crippen molar-refractivity contribution < 1.29 is 18.7 Å². The van der Waals surface area contributed by atoms with E-state index in [2.05, 4.69) is 37.3 Å². The fraction of sp³-hybridized carbons (Fsp3) is 0.882. The quantitative estimate of drug-likeness (QED) is 0.302. The van der Waals surface area contributed by atoms with Gasteiger partial charge >= 0.3 is 0 Å². The molecule has 7 aliphatic rings. The van der Waals surface area contributed by atoms with Crippen LogP contribution >= 0.6 is 0 Å². The van der Waals surface area contributed by atoms with Crippen LogP contribution in [0.25, 0.3) is 0 Å². The van der Waals surface area contributed by atoms with E-state index in [4.69, 9.17) is 4.74 Å². The molecule has 3 saturated heterocycles. The van der Waals surface area contributed by atoms with Crippen LogP contribution in [-0.2, 0) is 14.3 Å². The van der Waals surface area contributed by atoms with Crippen molar-refractivity contribution in [2.24, 2.45) is 17.8 Å². The Hall–Kier alpha value is -1.59. The Balaban J connectivity index is 1.07. The zero-order valence-electron chi connectivity index (χ0n) is 26.8. The van der Waals surface area contributed by atoms with Gasteiger partial charge in [0.15, 0.2) is 5.78 Å². The summed E-state index contributed by atoms with van der Waals surface area (Å²) in [6.07, 6.45) is 11.0. The SMILES string of the molecule is CN1CCN(CCCNC2C(F)CC3C(=O)C(C(=O)NCCN4CCCC4)=CN4C5CC6CCCCC6CC5OC2C34)CC1. The van der Waals surface area contributed by atoms with Crippen LogP contribution in [0.1, 0.15) is 64.2 Å². The number of fused-ring (bicyclic) bond motifs is 3. The molecule has 2 N–H and O–H groups in total. The molecule has 10 heteroatoms. The molecule has 3 aliphatic carbocycles. The molecule has 0 bridgehead atoms. The number of rotatable bonds is 9. The maximum Gasteiger partial charge on any atom is 0.256 e. The first-order valence-corrected chi connectivity index (χ1v) is 17.9. The van der Waals surface area contributed by atoms with Crippen molar-refractivity contribution in [2.45, 2.75) is 101 Å². The highest BCUT2D eigenvalue weighted by atomic mass is 19.1. The minimum atomic E-state index is -1.18. The van der Waals surface area contributed by atoms with Crippen LogP contribution in [0.2, 0.25) is 0 Å². The van der Waals surface area contributed by atoms with Gasteiger partial charge in [0.25, 0.3) is 5.91 Å². The molecule has 9 unspecified atom stereocenters. The lowest BCUT2D eigenvalue weighted by Crippen LogP contribution is -2.73. The molecule has 6 fully saturated rings. The number of hydrogen-bond acceptors (Lipinski definition) is 8. The third kappa shape index (κ3) is 6.35. The topological polar surface area (TPSA) is 80.4 Å². The molecule has 0 aromatic heterocycles. The van der Waals surface area contributed by atoms with Gasteiger partial charge in [-0.15, -0.1) is 0 Å². The van der Waals surface area contributed by atoms with Crippen LogP contribution in [0.5, 0.6) is 0 Å². The summed E-state index contributed by atoms with van der Waals surface area (Å²) in [4.78, 5) is 37.0. The van der Waals surface area contributed by atoms with E-state index >= 15 is 4.39 Å². The second kappa shape index (κ2) is 13.6. The fourth-order valence-corrected chi connectivity index (χ4v) is 9.77. The summed E-state index contributed by atoms with van der Waals surface area (Å²) in [6, 6.07) is -0.506. The van der Waals surface area contributed by atoms with E-state index in [0.29, 0.717) is 18.4 Å². The number of ether oxygens (including phenoxy) is 1. The van der Waals surface area contributed by atoms with Gasteiger partial charge in [0, 0.05) is 51.4 Å². The first-order chi connectivity index (χ1) is 21.5. The molecule has 4 aliphatic heterocycles. The number of halogens is 1. The van der Waals surface area contributed by atoms with Crippen molar-refractivity contribution >= 4 is 11.7 Å². The fourth-order valence-electron chi connectivity index (χ4n) is 9.77. The van der Waals surface area contributed by atoms with E-state index in [1.807, 2.05) is 6.20 Å². The lowest BCUT2D eigenvalue weighted by atomic mass is 9.65. The summed E-state index contributed by atoms with van der Waals surface area (Å²) >= 11 is 0. The van der Waals surface area contributed by atoms with Gasteiger partial charge in [0.2, 0.25) is 0 Å². The summed E-state index contributed by atoms with van der Waals surface area (Å²) < 4.78 is 23.1. The Bertz CT molecular complexity index is 1060. The molecule has 9 atom stereocenters. The van der Waals surface area contributed by atoms with Crippen molar-refractivity contribution in [3.63, 3.8) is 0 Å². The van der Waals surface area contributed by atoms with E-state index in [9.17, 15) is 9.59 Å². The molecule has 0 aromatic carbocycles. The van der Waals surface area contributed by atoms with Gasteiger partial charge in [-0.2, -0.15) is 0 Å². The van der Waals surface area contributed by atoms with Crippen molar-refractivity contribution in [2.75, 3.05) is 72.5 Å². The first-order valence-electron chi connectivity index (χ1n) is 17.9. The molecule has 0 aromatic rings. The summed E-state index contributed by atoms with van der Waals surface area (Å²) in [7, 11) is 2.17. The third-order valence-corrected chi connectivity index (χ3v) is 12.3. The van der Waals surface area contributed by atoms with Crippen LogP contribution < -0.4 is 10.6 Å². The Kier molecular flexibility index (Phi) is 9.62. The third-order valence-electron chi connectivity index (χ3n) is 12.3. The van der Waals surface area contributed by atoms with E-state index < -0.39 is 24.2 Å². The van der Waals surface area contributed by atoms with Gasteiger partial charge in [0.1, 0.15) is 6.17 Å². The highest BCUT2D eigenvalue weighted by molar-refractivity contribution is 6.20. The van der Waals surface area contributed by atoms with Crippen LogP contribution in [-0.4, -0.2) is 140 Å². The average Bonchev–Trinajstić information content (AvgIpc) is 3.55. The molecule has 7 rings (SSSR count). The van der Waals surface area contributed by atoms with Crippen molar-refractivity contribution in [3.8, 4) is 0 Å². The molecule has 1 amide bonds. The number of carbonyl (C=O) groups excluding carboxylic acids is 2. The number of likely N-dealkylation sites (N-methyl/N-ethyl adjacent to an activating group) is 1. The van der Waals surface area contributed by atoms with E-state index in [1.165, 1.54) is 38.5 Å². The highest BCUT2D eigenvalue weighted by Crippen LogP contribution is 2.50. The Morgan fingerprint density at radius 2 is 1.66 bits per heavy atom. The molecule has 0 spiro atoms. The molecule has 9 nitrogen and oxygen atoms in total. The van der Waals surface area contributed by atoms with Gasteiger partial charge in [-0.25, -0.2) is 4.39 Å². The van der Waals surface area contributed by atoms with E-state index in [1.54, 1.807) is 0 Å². The maximum absolute atomic E-state index is 16.1. The normalized spacial score (nSPS) is 39.8. The Morgan fingerprint density at radius 1 is 0.932 bits per heavy atom. The predicted octanol–water partition coefficient (Wildman–Crippen LogP) is 2.03. The number of morpholine rings is 1. The summed E-state index contributed by atoms with van der Waals surface area (Å²) in [6.45, 7) is 9.61. The lowest BCUT2D eigenvalue weighted by molar-refractivity contribution is -0.208. The minimum absolute atomic E-state index is 0.0140. The number of piperazine rings is 1. The minimum Gasteiger partial charge on any atom is -0.369 e.